The Kier molecular flexibility index (Phi) is 5.07. The number of fused-ring (bicyclic) bond motifs is 3. The lowest BCUT2D eigenvalue weighted by Gasteiger charge is -2.34. The van der Waals surface area contributed by atoms with Gasteiger partial charge in [-0.25, -0.2) is 9.97 Å². The molecule has 168 valence electrons. The maximum absolute atomic E-state index is 13.3. The summed E-state index contributed by atoms with van der Waals surface area (Å²) in [5, 5.41) is 8.26. The van der Waals surface area contributed by atoms with Crippen molar-refractivity contribution in [3.8, 4) is 0 Å². The summed E-state index contributed by atoms with van der Waals surface area (Å²) in [5.74, 6) is 0.259. The maximum atomic E-state index is 13.3. The highest BCUT2D eigenvalue weighted by Crippen LogP contribution is 2.49. The Balaban J connectivity index is 1.28. The highest BCUT2D eigenvalue weighted by atomic mass is 35.5. The Labute approximate surface area is 206 Å². The topological polar surface area (TPSA) is 70.1 Å². The Morgan fingerprint density at radius 3 is 2.76 bits per heavy atom. The van der Waals surface area contributed by atoms with E-state index in [1.54, 1.807) is 29.3 Å². The van der Waals surface area contributed by atoms with Gasteiger partial charge in [-0.05, 0) is 61.6 Å². The van der Waals surface area contributed by atoms with Gasteiger partial charge in [0.1, 0.15) is 5.03 Å². The van der Waals surface area contributed by atoms with E-state index >= 15 is 0 Å². The van der Waals surface area contributed by atoms with Crippen LogP contribution in [0.3, 0.4) is 0 Å². The molecule has 1 amide bonds. The van der Waals surface area contributed by atoms with Crippen LogP contribution in [0.5, 0.6) is 0 Å². The smallest absolute Gasteiger partial charge is 0.263 e. The summed E-state index contributed by atoms with van der Waals surface area (Å²) in [5.41, 5.74) is 4.90. The number of nitrogens with one attached hydrogen (secondary N) is 2. The maximum Gasteiger partial charge on any atom is 0.263 e. The van der Waals surface area contributed by atoms with Gasteiger partial charge in [0.15, 0.2) is 0 Å². The van der Waals surface area contributed by atoms with Gasteiger partial charge in [0.25, 0.3) is 5.91 Å². The van der Waals surface area contributed by atoms with Crippen LogP contribution in [0.2, 0.25) is 10.0 Å². The zero-order valence-corrected chi connectivity index (χ0v) is 20.2. The fourth-order valence-corrected chi connectivity index (χ4v) is 6.37. The van der Waals surface area contributed by atoms with E-state index in [4.69, 9.17) is 23.2 Å². The first-order valence-electron chi connectivity index (χ1n) is 10.9. The largest absolute Gasteiger partial charge is 0.324 e. The first kappa shape index (κ1) is 21.2. The molecule has 9 heteroatoms. The number of carbonyl (C=O) groups is 1. The summed E-state index contributed by atoms with van der Waals surface area (Å²) in [7, 11) is 0. The molecule has 2 N–H and O–H groups in total. The molecule has 1 unspecified atom stereocenters. The highest BCUT2D eigenvalue weighted by molar-refractivity contribution is 8.00. The van der Waals surface area contributed by atoms with Crippen molar-refractivity contribution in [3.05, 3.63) is 69.3 Å². The number of benzene rings is 2. The molecule has 0 bridgehead atoms. The lowest BCUT2D eigenvalue weighted by Crippen LogP contribution is -2.41. The zero-order chi connectivity index (χ0) is 22.7. The summed E-state index contributed by atoms with van der Waals surface area (Å²) < 4.78 is 0. The molecule has 1 atom stereocenters. The monoisotopic (exact) mass is 497 g/mol. The van der Waals surface area contributed by atoms with E-state index in [0.29, 0.717) is 32.3 Å². The van der Waals surface area contributed by atoms with Crippen molar-refractivity contribution < 1.29 is 4.79 Å². The molecule has 3 aromatic rings. The van der Waals surface area contributed by atoms with Gasteiger partial charge in [0.05, 0.1) is 26.7 Å². The van der Waals surface area contributed by atoms with Gasteiger partial charge in [-0.1, -0.05) is 47.1 Å². The number of amides is 1. The van der Waals surface area contributed by atoms with Crippen LogP contribution in [0.25, 0.3) is 0 Å². The van der Waals surface area contributed by atoms with Crippen molar-refractivity contribution in [2.24, 2.45) is 0 Å². The number of nitrogens with zero attached hydrogens (tertiary/aromatic N) is 3. The number of hydrogen-bond donors (Lipinski definition) is 2. The molecule has 1 saturated carbocycles. The minimum absolute atomic E-state index is 0.206. The summed E-state index contributed by atoms with van der Waals surface area (Å²) in [6.07, 6.45) is 5.01. The van der Waals surface area contributed by atoms with E-state index in [1.807, 2.05) is 6.92 Å². The lowest BCUT2D eigenvalue weighted by atomic mass is 9.92. The first-order valence-corrected chi connectivity index (χ1v) is 12.6. The van der Waals surface area contributed by atoms with Crippen LogP contribution in [0, 0.1) is 0 Å². The van der Waals surface area contributed by atoms with E-state index in [-0.39, 0.29) is 16.8 Å². The fraction of sp³-hybridized carbons (Fsp3) is 0.292. The predicted molar refractivity (Wildman–Crippen MR) is 133 cm³/mol. The lowest BCUT2D eigenvalue weighted by molar-refractivity contribution is 0.0979. The molecule has 1 aromatic heterocycles. The second-order valence-corrected chi connectivity index (χ2v) is 10.7. The number of para-hydroxylation sites is 1. The van der Waals surface area contributed by atoms with Crippen LogP contribution in [0.15, 0.2) is 47.6 Å². The third-order valence-electron chi connectivity index (χ3n) is 6.51. The summed E-state index contributed by atoms with van der Waals surface area (Å²) >= 11 is 14.2. The molecule has 33 heavy (non-hydrogen) atoms. The van der Waals surface area contributed by atoms with Crippen LogP contribution < -0.4 is 15.5 Å². The molecule has 3 aliphatic rings. The summed E-state index contributed by atoms with van der Waals surface area (Å²) in [6.45, 7) is 2.94. The molecule has 3 heterocycles. The van der Waals surface area contributed by atoms with Crippen LogP contribution in [0.4, 0.5) is 17.3 Å². The van der Waals surface area contributed by atoms with Gasteiger partial charge >= 0.3 is 0 Å². The van der Waals surface area contributed by atoms with Gasteiger partial charge in [-0.2, -0.15) is 0 Å². The zero-order valence-electron chi connectivity index (χ0n) is 17.9. The second kappa shape index (κ2) is 7.87. The fourth-order valence-electron chi connectivity index (χ4n) is 4.75. The molecule has 2 aromatic carbocycles. The molecule has 6 nitrogen and oxygen atoms in total. The van der Waals surface area contributed by atoms with Crippen molar-refractivity contribution in [1.29, 1.82) is 0 Å². The Morgan fingerprint density at radius 2 is 2.00 bits per heavy atom. The van der Waals surface area contributed by atoms with Crippen molar-refractivity contribution >= 4 is 58.2 Å². The highest BCUT2D eigenvalue weighted by Gasteiger charge is 2.46. The van der Waals surface area contributed by atoms with Crippen LogP contribution in [-0.2, 0) is 12.0 Å². The van der Waals surface area contributed by atoms with Gasteiger partial charge in [0.2, 0.25) is 5.95 Å². The molecule has 1 fully saturated rings. The number of hydrogen-bond acceptors (Lipinski definition) is 6. The number of anilines is 3. The van der Waals surface area contributed by atoms with Crippen molar-refractivity contribution in [2.45, 2.75) is 42.1 Å². The molecule has 0 radical (unpaired) electrons. The minimum Gasteiger partial charge on any atom is -0.324 e. The van der Waals surface area contributed by atoms with E-state index in [0.717, 1.165) is 18.7 Å². The van der Waals surface area contributed by atoms with Gasteiger partial charge in [-0.15, -0.1) is 0 Å². The number of thioether (sulfide) groups is 1. The second-order valence-electron chi connectivity index (χ2n) is 8.63. The predicted octanol–water partition coefficient (Wildman–Crippen LogP) is 5.76. The van der Waals surface area contributed by atoms with Gasteiger partial charge in [0, 0.05) is 24.0 Å². The first-order chi connectivity index (χ1) is 15.9. The quantitative estimate of drug-likeness (QED) is 0.448. The van der Waals surface area contributed by atoms with E-state index in [2.05, 4.69) is 38.8 Å². The van der Waals surface area contributed by atoms with Crippen molar-refractivity contribution in [1.82, 2.24) is 15.3 Å². The normalized spacial score (nSPS) is 20.4. The van der Waals surface area contributed by atoms with Crippen molar-refractivity contribution in [2.75, 3.05) is 16.8 Å². The summed E-state index contributed by atoms with van der Waals surface area (Å²) in [4.78, 5) is 24.0. The number of halogens is 2. The van der Waals surface area contributed by atoms with Crippen LogP contribution in [0.1, 0.15) is 41.3 Å². The molecule has 0 saturated heterocycles. The summed E-state index contributed by atoms with van der Waals surface area (Å²) in [6, 6.07) is 11.7. The van der Waals surface area contributed by atoms with Crippen LogP contribution in [-0.4, -0.2) is 27.8 Å². The molecular weight excluding hydrogens is 477 g/mol. The van der Waals surface area contributed by atoms with Gasteiger partial charge in [-0.3, -0.25) is 9.69 Å². The van der Waals surface area contributed by atoms with Crippen molar-refractivity contribution in [3.63, 3.8) is 0 Å². The third-order valence-corrected chi connectivity index (χ3v) is 8.21. The molecular formula is C24H21Cl2N5OS. The standard InChI is InChI=1S/C24H21Cl2N5OS/c1-13-31(20-18(25)3-2-4-19(20)26)22(32)16-12-27-23(30-21(16)33-13)29-15-5-6-17-14(11-15)7-10-28-24(17)8-9-24/h2-6,11-13,28H,7-10H2,1H3,(H,27,29,30). The van der Waals surface area contributed by atoms with Crippen LogP contribution >= 0.6 is 35.0 Å². The molecule has 1 spiro atoms. The SMILES string of the molecule is CC1Sc2nc(Nc3ccc4c(c3)CCNC43CC3)ncc2C(=O)N1c1c(Cl)cccc1Cl. The minimum atomic E-state index is -0.226. The average Bonchev–Trinajstić information content (AvgIpc) is 3.55. The van der Waals surface area contributed by atoms with E-state index in [1.165, 1.54) is 35.7 Å². The third kappa shape index (κ3) is 3.58. The number of aromatic nitrogens is 2. The molecule has 6 rings (SSSR count). The van der Waals surface area contributed by atoms with E-state index < -0.39 is 0 Å². The Morgan fingerprint density at radius 1 is 1.21 bits per heavy atom. The molecule has 2 aliphatic heterocycles. The molecule has 1 aliphatic carbocycles. The number of rotatable bonds is 3. The Hall–Kier alpha value is -2.32. The Bertz CT molecular complexity index is 1280. The number of carbonyl (C=O) groups excluding carboxylic acids is 1. The van der Waals surface area contributed by atoms with Gasteiger partial charge < -0.3 is 10.6 Å². The van der Waals surface area contributed by atoms with E-state index in [9.17, 15) is 4.79 Å². The average molecular weight is 498 g/mol.